The Kier molecular flexibility index (Phi) is 6.18. The number of para-hydroxylation sites is 1. The van der Waals surface area contributed by atoms with Gasteiger partial charge in [-0.15, -0.1) is 0 Å². The number of halogens is 3. The summed E-state index contributed by atoms with van der Waals surface area (Å²) in [5, 5.41) is 6.86. The van der Waals surface area contributed by atoms with Crippen LogP contribution >= 0.6 is 0 Å². The third-order valence-electron chi connectivity index (χ3n) is 4.33. The van der Waals surface area contributed by atoms with Crippen LogP contribution in [0.2, 0.25) is 0 Å². The number of piperidine rings is 1. The first-order chi connectivity index (χ1) is 13.4. The number of nitrogens with zero attached hydrogens (tertiary/aromatic N) is 2. The van der Waals surface area contributed by atoms with Crippen LogP contribution in [0, 0.1) is 0 Å². The number of urea groups is 1. The van der Waals surface area contributed by atoms with E-state index >= 15 is 0 Å². The van der Waals surface area contributed by atoms with E-state index in [1.807, 2.05) is 30.3 Å². The normalized spacial score (nSPS) is 14.5. The van der Waals surface area contributed by atoms with E-state index in [0.29, 0.717) is 31.5 Å². The van der Waals surface area contributed by atoms with Crippen molar-refractivity contribution in [3.8, 4) is 0 Å². The summed E-state index contributed by atoms with van der Waals surface area (Å²) < 4.78 is 38.1. The van der Waals surface area contributed by atoms with Crippen molar-refractivity contribution in [2.75, 3.05) is 18.4 Å². The van der Waals surface area contributed by atoms with Crippen LogP contribution in [-0.2, 0) is 17.6 Å². The van der Waals surface area contributed by atoms with Gasteiger partial charge in [0.2, 0.25) is 0 Å². The van der Waals surface area contributed by atoms with Gasteiger partial charge in [-0.1, -0.05) is 35.5 Å². The minimum atomic E-state index is -4.38. The Morgan fingerprint density at radius 2 is 1.79 bits per heavy atom. The van der Waals surface area contributed by atoms with Gasteiger partial charge in [0.05, 0.1) is 11.3 Å². The van der Waals surface area contributed by atoms with Crippen molar-refractivity contribution in [3.63, 3.8) is 0 Å². The van der Waals surface area contributed by atoms with Gasteiger partial charge >= 0.3 is 12.2 Å². The molecule has 3 rings (SSSR count). The number of alkyl halides is 3. The molecule has 2 amide bonds. The first kappa shape index (κ1) is 19.7. The lowest BCUT2D eigenvalue weighted by atomic mass is 10.1. The first-order valence-electron chi connectivity index (χ1n) is 8.86. The Hall–Kier alpha value is -3.03. The molecular weight excluding hydrogens is 371 g/mol. The van der Waals surface area contributed by atoms with Gasteiger partial charge in [0.25, 0.3) is 0 Å². The third kappa shape index (κ3) is 5.48. The topological polar surface area (TPSA) is 53.9 Å². The first-order valence-corrected chi connectivity index (χ1v) is 8.86. The minimum absolute atomic E-state index is 0.0361. The Bertz CT molecular complexity index is 828. The van der Waals surface area contributed by atoms with E-state index in [1.54, 1.807) is 11.0 Å². The molecule has 1 fully saturated rings. The van der Waals surface area contributed by atoms with Gasteiger partial charge in [-0.3, -0.25) is 0 Å². The smallest absolute Gasteiger partial charge is 0.391 e. The molecule has 0 saturated carbocycles. The molecule has 0 bridgehead atoms. The molecule has 0 atom stereocenters. The maximum atomic E-state index is 12.7. The lowest BCUT2D eigenvalue weighted by Crippen LogP contribution is -2.41. The number of amides is 2. The number of nitrogens with one attached hydrogen (secondary N) is 1. The molecule has 0 unspecified atom stereocenters. The van der Waals surface area contributed by atoms with Crippen molar-refractivity contribution in [1.82, 2.24) is 4.90 Å². The standard InChI is InChI=1S/C20H20F3N3O2/c21-20(22,23)16-6-4-5-15(13-16)14-28-25-18-9-11-26(12-10-18)19(27)24-17-7-2-1-3-8-17/h1-8,13H,9-12,14H2,(H,24,27). The monoisotopic (exact) mass is 391 g/mol. The number of hydrogen-bond acceptors (Lipinski definition) is 3. The van der Waals surface area contributed by atoms with Crippen molar-refractivity contribution in [2.24, 2.45) is 5.16 Å². The molecule has 148 valence electrons. The summed E-state index contributed by atoms with van der Waals surface area (Å²) in [6.07, 6.45) is -3.26. The van der Waals surface area contributed by atoms with Gasteiger partial charge in [-0.25, -0.2) is 4.79 Å². The number of carbonyl (C=O) groups excluding carboxylic acids is 1. The highest BCUT2D eigenvalue weighted by Crippen LogP contribution is 2.29. The summed E-state index contributed by atoms with van der Waals surface area (Å²) in [6.45, 7) is 0.973. The number of rotatable bonds is 4. The molecule has 2 aromatic rings. The van der Waals surface area contributed by atoms with Gasteiger partial charge in [0.15, 0.2) is 0 Å². The SMILES string of the molecule is O=C(Nc1ccccc1)N1CCC(=NOCc2cccc(C(F)(F)F)c2)CC1. The number of likely N-dealkylation sites (tertiary alicyclic amines) is 1. The summed E-state index contributed by atoms with van der Waals surface area (Å²) in [7, 11) is 0. The number of anilines is 1. The summed E-state index contributed by atoms with van der Waals surface area (Å²) >= 11 is 0. The number of hydrogen-bond donors (Lipinski definition) is 1. The van der Waals surface area contributed by atoms with Crippen LogP contribution in [0.4, 0.5) is 23.7 Å². The molecule has 0 spiro atoms. The van der Waals surface area contributed by atoms with Crippen molar-refractivity contribution in [2.45, 2.75) is 25.6 Å². The highest BCUT2D eigenvalue weighted by atomic mass is 19.4. The summed E-state index contributed by atoms with van der Waals surface area (Å²) in [5.41, 5.74) is 1.21. The highest BCUT2D eigenvalue weighted by molar-refractivity contribution is 5.92. The molecule has 0 aliphatic carbocycles. The van der Waals surface area contributed by atoms with Gasteiger partial charge in [-0.2, -0.15) is 13.2 Å². The van der Waals surface area contributed by atoms with Crippen LogP contribution in [-0.4, -0.2) is 29.7 Å². The molecule has 0 aromatic heterocycles. The molecule has 2 aromatic carbocycles. The van der Waals surface area contributed by atoms with Crippen molar-refractivity contribution in [1.29, 1.82) is 0 Å². The number of carbonyl (C=O) groups is 1. The fourth-order valence-electron chi connectivity index (χ4n) is 2.82. The average molecular weight is 391 g/mol. The number of oxime groups is 1. The summed E-state index contributed by atoms with van der Waals surface area (Å²) in [4.78, 5) is 19.2. The molecule has 1 aliphatic heterocycles. The molecule has 1 N–H and O–H groups in total. The summed E-state index contributed by atoms with van der Waals surface area (Å²) in [6, 6.07) is 14.0. The Morgan fingerprint density at radius 1 is 1.07 bits per heavy atom. The predicted octanol–water partition coefficient (Wildman–Crippen LogP) is 4.91. The second-order valence-electron chi connectivity index (χ2n) is 6.41. The zero-order chi connectivity index (χ0) is 20.0. The van der Waals surface area contributed by atoms with E-state index < -0.39 is 11.7 Å². The van der Waals surface area contributed by atoms with Crippen LogP contribution in [0.5, 0.6) is 0 Å². The average Bonchev–Trinajstić information content (AvgIpc) is 2.69. The van der Waals surface area contributed by atoms with Gasteiger partial charge < -0.3 is 15.1 Å². The van der Waals surface area contributed by atoms with Crippen molar-refractivity contribution in [3.05, 3.63) is 65.7 Å². The van der Waals surface area contributed by atoms with Gasteiger partial charge in [0.1, 0.15) is 6.61 Å². The van der Waals surface area contributed by atoms with Crippen molar-refractivity contribution >= 4 is 17.4 Å². The molecule has 5 nitrogen and oxygen atoms in total. The Labute approximate surface area is 160 Å². The Morgan fingerprint density at radius 3 is 2.46 bits per heavy atom. The molecule has 1 aliphatic rings. The van der Waals surface area contributed by atoms with Gasteiger partial charge in [-0.05, 0) is 29.8 Å². The van der Waals surface area contributed by atoms with Crippen LogP contribution < -0.4 is 5.32 Å². The van der Waals surface area contributed by atoms with E-state index in [9.17, 15) is 18.0 Å². The van der Waals surface area contributed by atoms with Gasteiger partial charge in [0, 0.05) is 31.6 Å². The highest BCUT2D eigenvalue weighted by Gasteiger charge is 2.30. The third-order valence-corrected chi connectivity index (χ3v) is 4.33. The second-order valence-corrected chi connectivity index (χ2v) is 6.41. The molecule has 0 radical (unpaired) electrons. The van der Waals surface area contributed by atoms with Crippen LogP contribution in [0.1, 0.15) is 24.0 Å². The molecule has 28 heavy (non-hydrogen) atoms. The lowest BCUT2D eigenvalue weighted by molar-refractivity contribution is -0.137. The Balaban J connectivity index is 1.46. The maximum absolute atomic E-state index is 12.7. The van der Waals surface area contributed by atoms with E-state index in [2.05, 4.69) is 10.5 Å². The van der Waals surface area contributed by atoms with E-state index in [-0.39, 0.29) is 12.6 Å². The quantitative estimate of drug-likeness (QED) is 0.754. The van der Waals surface area contributed by atoms with Crippen LogP contribution in [0.15, 0.2) is 59.8 Å². The second kappa shape index (κ2) is 8.77. The zero-order valence-electron chi connectivity index (χ0n) is 15.1. The van der Waals surface area contributed by atoms with E-state index in [0.717, 1.165) is 23.5 Å². The molecular formula is C20H20F3N3O2. The lowest BCUT2D eigenvalue weighted by Gasteiger charge is -2.27. The fourth-order valence-corrected chi connectivity index (χ4v) is 2.82. The van der Waals surface area contributed by atoms with Crippen LogP contribution in [0.3, 0.4) is 0 Å². The predicted molar refractivity (Wildman–Crippen MR) is 99.9 cm³/mol. The molecule has 1 saturated heterocycles. The van der Waals surface area contributed by atoms with E-state index in [4.69, 9.17) is 4.84 Å². The molecule has 8 heteroatoms. The largest absolute Gasteiger partial charge is 0.416 e. The fraction of sp³-hybridized carbons (Fsp3) is 0.300. The van der Waals surface area contributed by atoms with Crippen molar-refractivity contribution < 1.29 is 22.8 Å². The summed E-state index contributed by atoms with van der Waals surface area (Å²) in [5.74, 6) is 0. The maximum Gasteiger partial charge on any atom is 0.416 e. The van der Waals surface area contributed by atoms with Crippen LogP contribution in [0.25, 0.3) is 0 Å². The van der Waals surface area contributed by atoms with E-state index in [1.165, 1.54) is 6.07 Å². The molecule has 1 heterocycles. The minimum Gasteiger partial charge on any atom is -0.391 e. The number of benzene rings is 2. The zero-order valence-corrected chi connectivity index (χ0v) is 15.1.